The van der Waals surface area contributed by atoms with E-state index in [-0.39, 0.29) is 8.40 Å². The van der Waals surface area contributed by atoms with Gasteiger partial charge in [-0.2, -0.15) is 0 Å². The van der Waals surface area contributed by atoms with Crippen molar-refractivity contribution in [3.8, 4) is 0 Å². The number of rotatable bonds is 1. The third-order valence-electron chi connectivity index (χ3n) is 1.47. The van der Waals surface area contributed by atoms with Gasteiger partial charge in [0.25, 0.3) is 0 Å². The van der Waals surface area contributed by atoms with Crippen LogP contribution in [0.4, 0.5) is 0 Å². The molecule has 0 saturated carbocycles. The molecule has 1 heterocycles. The van der Waals surface area contributed by atoms with Crippen molar-refractivity contribution in [2.24, 2.45) is 0 Å². The molecule has 1 aromatic heterocycles. The fourth-order valence-corrected chi connectivity index (χ4v) is 2.39. The van der Waals surface area contributed by atoms with Crippen LogP contribution in [0.1, 0.15) is 19.4 Å². The van der Waals surface area contributed by atoms with Crippen LogP contribution in [-0.4, -0.2) is 8.40 Å². The molecule has 1 heteroatoms. The highest BCUT2D eigenvalue weighted by molar-refractivity contribution is 6.51. The first kappa shape index (κ1) is 6.68. The Morgan fingerprint density at radius 3 is 1.89 bits per heavy atom. The van der Waals surface area contributed by atoms with Crippen LogP contribution in [0.15, 0.2) is 29.6 Å². The van der Waals surface area contributed by atoms with E-state index in [4.69, 9.17) is 0 Å². The van der Waals surface area contributed by atoms with E-state index in [2.05, 4.69) is 43.4 Å². The summed E-state index contributed by atoms with van der Waals surface area (Å²) in [5.74, 6) is 0. The predicted octanol–water partition coefficient (Wildman–Crippen LogP) is 2.29. The van der Waals surface area contributed by atoms with Crippen molar-refractivity contribution in [3.63, 3.8) is 0 Å². The molecule has 0 spiro atoms. The summed E-state index contributed by atoms with van der Waals surface area (Å²) in [6, 6.07) is 6.42. The third-order valence-corrected chi connectivity index (χ3v) is 3.95. The van der Waals surface area contributed by atoms with E-state index in [1.165, 1.54) is 0 Å². The summed E-state index contributed by atoms with van der Waals surface area (Å²) in [5.41, 5.74) is 5.53. The van der Waals surface area contributed by atoms with Gasteiger partial charge in [0, 0.05) is 8.40 Å². The molecule has 0 fully saturated rings. The van der Waals surface area contributed by atoms with Crippen LogP contribution in [0.3, 0.4) is 0 Å². The van der Waals surface area contributed by atoms with Gasteiger partial charge in [-0.25, -0.2) is 0 Å². The molecule has 1 rings (SSSR count). The summed E-state index contributed by atoms with van der Waals surface area (Å²) in [4.78, 5) is 0. The zero-order valence-electron chi connectivity index (χ0n) is 5.96. The minimum Gasteiger partial charge on any atom is -0.0776 e. The van der Waals surface area contributed by atoms with Gasteiger partial charge in [-0.3, -0.25) is 0 Å². The van der Waals surface area contributed by atoms with Crippen molar-refractivity contribution < 1.29 is 0 Å². The first-order valence-corrected chi connectivity index (χ1v) is 5.09. The molecule has 0 aliphatic rings. The van der Waals surface area contributed by atoms with Gasteiger partial charge in [0.05, 0.1) is 0 Å². The monoisotopic (exact) mass is 136 g/mol. The lowest BCUT2D eigenvalue weighted by Crippen LogP contribution is -2.00. The molecule has 0 radical (unpaired) electrons. The zero-order valence-corrected chi connectivity index (χ0v) is 6.96. The Kier molecular flexibility index (Phi) is 2.17. The van der Waals surface area contributed by atoms with E-state index in [0.717, 1.165) is 5.54 Å². The zero-order chi connectivity index (χ0) is 6.69. The third kappa shape index (κ3) is 1.75. The largest absolute Gasteiger partial charge is 0.0776 e. The maximum atomic E-state index is 2.34. The SMILES string of the molecule is CC(C)[si]1ccccc1. The molecule has 0 aliphatic carbocycles. The van der Waals surface area contributed by atoms with Gasteiger partial charge in [0.2, 0.25) is 0 Å². The summed E-state index contributed by atoms with van der Waals surface area (Å²) in [7, 11) is -0.257. The summed E-state index contributed by atoms with van der Waals surface area (Å²) < 4.78 is 0. The minimum absolute atomic E-state index is 0.257. The Bertz CT molecular complexity index is 167. The standard InChI is InChI=1S/C8H12Si/c1-8(2)9-6-4-3-5-7-9/h3-8H,1-2H3. The average Bonchev–Trinajstić information content (AvgIpc) is 1.90. The maximum absolute atomic E-state index is 2.34. The summed E-state index contributed by atoms with van der Waals surface area (Å²) in [6.45, 7) is 4.57. The minimum atomic E-state index is -0.257. The summed E-state index contributed by atoms with van der Waals surface area (Å²) in [6.07, 6.45) is 0. The highest BCUT2D eigenvalue weighted by Crippen LogP contribution is 1.99. The second-order valence-electron chi connectivity index (χ2n) is 2.57. The first-order valence-electron chi connectivity index (χ1n) is 3.35. The molecule has 0 saturated heterocycles. The number of hydrogen-bond donors (Lipinski definition) is 0. The molecule has 0 bridgehead atoms. The molecule has 0 aromatic carbocycles. The molecule has 0 aliphatic heterocycles. The van der Waals surface area contributed by atoms with Crippen molar-refractivity contribution in [3.05, 3.63) is 29.6 Å². The van der Waals surface area contributed by atoms with Crippen LogP contribution in [0, 0.1) is 0 Å². The lowest BCUT2D eigenvalue weighted by Gasteiger charge is -2.00. The lowest BCUT2D eigenvalue weighted by atomic mass is 10.6. The van der Waals surface area contributed by atoms with Gasteiger partial charge in [-0.15, -0.1) is 0 Å². The van der Waals surface area contributed by atoms with Gasteiger partial charge >= 0.3 is 0 Å². The van der Waals surface area contributed by atoms with E-state index in [1.54, 1.807) is 0 Å². The highest BCUT2D eigenvalue weighted by Gasteiger charge is 1.94. The molecule has 1 aromatic rings. The van der Waals surface area contributed by atoms with Crippen LogP contribution >= 0.6 is 0 Å². The average molecular weight is 136 g/mol. The second-order valence-corrected chi connectivity index (χ2v) is 5.39. The predicted molar refractivity (Wildman–Crippen MR) is 42.8 cm³/mol. The Morgan fingerprint density at radius 1 is 1.00 bits per heavy atom. The van der Waals surface area contributed by atoms with Gasteiger partial charge in [0.15, 0.2) is 0 Å². The molecular weight excluding hydrogens is 124 g/mol. The van der Waals surface area contributed by atoms with Gasteiger partial charge in [-0.1, -0.05) is 43.4 Å². The maximum Gasteiger partial charge on any atom is 0.0397 e. The van der Waals surface area contributed by atoms with Crippen LogP contribution in [0.5, 0.6) is 0 Å². The van der Waals surface area contributed by atoms with E-state index in [1.807, 2.05) is 0 Å². The Hall–Kier alpha value is -0.433. The Balaban J connectivity index is 2.85. The van der Waals surface area contributed by atoms with E-state index >= 15 is 0 Å². The molecule has 0 amide bonds. The quantitative estimate of drug-likeness (QED) is 0.520. The van der Waals surface area contributed by atoms with E-state index in [9.17, 15) is 0 Å². The van der Waals surface area contributed by atoms with Crippen molar-refractivity contribution in [2.75, 3.05) is 0 Å². The van der Waals surface area contributed by atoms with Gasteiger partial charge in [0.1, 0.15) is 0 Å². The van der Waals surface area contributed by atoms with Gasteiger partial charge in [-0.05, 0) is 5.54 Å². The van der Waals surface area contributed by atoms with Crippen LogP contribution < -0.4 is 0 Å². The van der Waals surface area contributed by atoms with Crippen LogP contribution in [0.25, 0.3) is 0 Å². The molecular formula is C8H12Si. The van der Waals surface area contributed by atoms with Crippen molar-refractivity contribution in [2.45, 2.75) is 19.4 Å². The fourth-order valence-electron chi connectivity index (χ4n) is 0.838. The molecule has 0 nitrogen and oxygen atoms in total. The van der Waals surface area contributed by atoms with Crippen LogP contribution in [0.2, 0.25) is 0 Å². The smallest absolute Gasteiger partial charge is 0.0397 e. The molecule has 0 N–H and O–H groups in total. The molecule has 0 atom stereocenters. The number of hydrogen-bond acceptors (Lipinski definition) is 0. The molecule has 0 unspecified atom stereocenters. The van der Waals surface area contributed by atoms with E-state index < -0.39 is 0 Å². The first-order chi connectivity index (χ1) is 4.30. The highest BCUT2D eigenvalue weighted by atomic mass is 28.2. The topological polar surface area (TPSA) is 0 Å². The van der Waals surface area contributed by atoms with Crippen molar-refractivity contribution in [1.29, 1.82) is 0 Å². The lowest BCUT2D eigenvalue weighted by molar-refractivity contribution is 1.00. The Labute approximate surface area is 58.1 Å². The fraction of sp³-hybridized carbons (Fsp3) is 0.375. The second kappa shape index (κ2) is 2.92. The normalized spacial score (nSPS) is 10.1. The van der Waals surface area contributed by atoms with E-state index in [0.29, 0.717) is 0 Å². The Morgan fingerprint density at radius 2 is 1.56 bits per heavy atom. The van der Waals surface area contributed by atoms with Crippen molar-refractivity contribution >= 4 is 8.40 Å². The van der Waals surface area contributed by atoms with Crippen molar-refractivity contribution in [1.82, 2.24) is 0 Å². The molecule has 48 valence electrons. The van der Waals surface area contributed by atoms with Crippen LogP contribution in [-0.2, 0) is 0 Å². The molecule has 9 heavy (non-hydrogen) atoms. The summed E-state index contributed by atoms with van der Waals surface area (Å²) in [5, 5.41) is 0. The van der Waals surface area contributed by atoms with Gasteiger partial charge < -0.3 is 0 Å². The summed E-state index contributed by atoms with van der Waals surface area (Å²) >= 11 is 0.